The summed E-state index contributed by atoms with van der Waals surface area (Å²) in [5, 5.41) is 15.6. The summed E-state index contributed by atoms with van der Waals surface area (Å²) in [5.41, 5.74) is 3.65. The highest BCUT2D eigenvalue weighted by Gasteiger charge is 2.40. The Morgan fingerprint density at radius 3 is 2.69 bits per heavy atom. The number of hydrogen-bond donors (Lipinski definition) is 2. The average molecular weight is 633 g/mol. The lowest BCUT2D eigenvalue weighted by Crippen LogP contribution is -2.48. The van der Waals surface area contributed by atoms with Crippen LogP contribution in [0.4, 0.5) is 10.5 Å². The molecule has 0 spiro atoms. The molecule has 0 saturated carbocycles. The maximum atomic E-state index is 13.8. The predicted molar refractivity (Wildman–Crippen MR) is 167 cm³/mol. The van der Waals surface area contributed by atoms with Gasteiger partial charge in [0.05, 0.1) is 23.6 Å². The first-order chi connectivity index (χ1) is 21.9. The lowest BCUT2D eigenvalue weighted by molar-refractivity contribution is -0.384. The third-order valence-corrected chi connectivity index (χ3v) is 8.43. The average Bonchev–Trinajstić information content (AvgIpc) is 3.63. The van der Waals surface area contributed by atoms with Gasteiger partial charge in [-0.3, -0.25) is 19.8 Å². The normalized spacial score (nSPS) is 19.2. The van der Waals surface area contributed by atoms with Gasteiger partial charge in [0.1, 0.15) is 12.3 Å². The molecule has 12 heteroatoms. The first kappa shape index (κ1) is 30.6. The van der Waals surface area contributed by atoms with E-state index in [1.54, 1.807) is 35.2 Å². The number of nitro benzene ring substituents is 1. The second-order valence-electron chi connectivity index (χ2n) is 11.2. The summed E-state index contributed by atoms with van der Waals surface area (Å²) in [5.74, 6) is -0.309. The fourth-order valence-electron chi connectivity index (χ4n) is 5.97. The number of H-pyrrole nitrogens is 1. The fraction of sp³-hybridized carbons (Fsp3) is 0.333. The largest absolute Gasteiger partial charge is 0.445 e. The van der Waals surface area contributed by atoms with Gasteiger partial charge in [-0.25, -0.2) is 4.79 Å². The molecule has 0 bridgehead atoms. The van der Waals surface area contributed by atoms with Crippen LogP contribution < -0.4 is 5.32 Å². The number of halogens is 1. The number of carbonyl (C=O) groups is 2. The number of nitrogens with one attached hydrogen (secondary N) is 2. The highest BCUT2D eigenvalue weighted by atomic mass is 35.5. The highest BCUT2D eigenvalue weighted by Crippen LogP contribution is 2.37. The number of nitrogens with zero attached hydrogens (tertiary/aromatic N) is 2. The van der Waals surface area contributed by atoms with Gasteiger partial charge in [-0.2, -0.15) is 0 Å². The van der Waals surface area contributed by atoms with Crippen LogP contribution in [0.25, 0.3) is 10.9 Å². The van der Waals surface area contributed by atoms with E-state index < -0.39 is 23.1 Å². The molecular weight excluding hydrogens is 600 g/mol. The Labute approximate surface area is 264 Å². The Morgan fingerprint density at radius 2 is 1.91 bits per heavy atom. The van der Waals surface area contributed by atoms with E-state index in [9.17, 15) is 19.7 Å². The molecule has 234 valence electrons. The fourth-order valence-corrected chi connectivity index (χ4v) is 6.15. The number of fused-ring (bicyclic) bond motifs is 2. The Hall–Kier alpha value is -4.45. The number of aromatic nitrogens is 1. The molecule has 2 heterocycles. The summed E-state index contributed by atoms with van der Waals surface area (Å²) in [4.78, 5) is 42.7. The van der Waals surface area contributed by atoms with Crippen LogP contribution in [-0.4, -0.2) is 58.9 Å². The van der Waals surface area contributed by atoms with Crippen LogP contribution >= 0.6 is 11.6 Å². The number of benzene rings is 3. The van der Waals surface area contributed by atoms with Crippen molar-refractivity contribution in [3.8, 4) is 0 Å². The Bertz CT molecular complexity index is 1690. The van der Waals surface area contributed by atoms with Crippen molar-refractivity contribution in [3.05, 3.63) is 110 Å². The first-order valence-electron chi connectivity index (χ1n) is 14.9. The van der Waals surface area contributed by atoms with Gasteiger partial charge >= 0.3 is 6.09 Å². The lowest BCUT2D eigenvalue weighted by atomic mass is 10.0. The van der Waals surface area contributed by atoms with E-state index in [0.29, 0.717) is 29.3 Å². The molecule has 1 unspecified atom stereocenters. The van der Waals surface area contributed by atoms with Gasteiger partial charge in [-0.05, 0) is 78.8 Å². The van der Waals surface area contributed by atoms with E-state index in [0.717, 1.165) is 41.3 Å². The first-order valence-corrected chi connectivity index (χ1v) is 15.3. The lowest BCUT2D eigenvalue weighted by Gasteiger charge is -2.34. The van der Waals surface area contributed by atoms with Crippen LogP contribution in [-0.2, 0) is 27.2 Å². The summed E-state index contributed by atoms with van der Waals surface area (Å²) < 4.78 is 17.5. The second-order valence-corrected chi connectivity index (χ2v) is 11.6. The van der Waals surface area contributed by atoms with Crippen LogP contribution in [0.15, 0.2) is 72.8 Å². The standard InChI is InChI=1S/C33H33ClN4O7/c34-24-10-13-27-23(17-24)19-29(35-27)32(39)36-28-18-22-5-1-2-6-26(22)31(28)37(14-16-44-30-7-3-4-15-43-30)33(40)45-20-21-8-11-25(12-9-21)38(41)42/h1-2,5-6,8-13,17,19,28,30-31,35H,3-4,7,14-16,18,20H2,(H,36,39)/t28-,30?,31-/m1/s1. The summed E-state index contributed by atoms with van der Waals surface area (Å²) >= 11 is 6.15. The summed E-state index contributed by atoms with van der Waals surface area (Å²) in [6.07, 6.45) is 2.37. The highest BCUT2D eigenvalue weighted by molar-refractivity contribution is 6.31. The molecule has 1 aliphatic heterocycles. The van der Waals surface area contributed by atoms with Gasteiger partial charge in [-0.15, -0.1) is 0 Å². The van der Waals surface area contributed by atoms with Crippen molar-refractivity contribution in [2.45, 2.75) is 50.7 Å². The third-order valence-electron chi connectivity index (χ3n) is 8.19. The maximum Gasteiger partial charge on any atom is 0.410 e. The molecule has 3 atom stereocenters. The number of aromatic amines is 1. The molecule has 6 rings (SSSR count). The minimum atomic E-state index is -0.595. The van der Waals surface area contributed by atoms with Crippen molar-refractivity contribution in [2.24, 2.45) is 0 Å². The number of ether oxygens (including phenoxy) is 3. The van der Waals surface area contributed by atoms with E-state index in [1.807, 2.05) is 30.3 Å². The van der Waals surface area contributed by atoms with E-state index in [4.69, 9.17) is 25.8 Å². The van der Waals surface area contributed by atoms with E-state index in [-0.39, 0.29) is 37.6 Å². The van der Waals surface area contributed by atoms with Crippen molar-refractivity contribution in [2.75, 3.05) is 19.8 Å². The monoisotopic (exact) mass is 632 g/mol. The van der Waals surface area contributed by atoms with Gasteiger partial charge < -0.3 is 24.5 Å². The smallest absolute Gasteiger partial charge is 0.410 e. The zero-order valence-electron chi connectivity index (χ0n) is 24.4. The summed E-state index contributed by atoms with van der Waals surface area (Å²) in [6.45, 7) is 0.952. The van der Waals surface area contributed by atoms with E-state index in [1.165, 1.54) is 12.1 Å². The van der Waals surface area contributed by atoms with Gasteiger partial charge in [0, 0.05) is 41.2 Å². The van der Waals surface area contributed by atoms with E-state index in [2.05, 4.69) is 10.3 Å². The van der Waals surface area contributed by atoms with Crippen LogP contribution in [0.1, 0.15) is 52.5 Å². The molecule has 1 fully saturated rings. The van der Waals surface area contributed by atoms with Crippen LogP contribution in [0, 0.1) is 10.1 Å². The van der Waals surface area contributed by atoms with Gasteiger partial charge in [0.2, 0.25) is 0 Å². The Kier molecular flexibility index (Phi) is 9.29. The predicted octanol–water partition coefficient (Wildman–Crippen LogP) is 6.31. The van der Waals surface area contributed by atoms with E-state index >= 15 is 0 Å². The zero-order valence-corrected chi connectivity index (χ0v) is 25.2. The molecule has 1 aliphatic carbocycles. The molecule has 4 aromatic rings. The van der Waals surface area contributed by atoms with Crippen LogP contribution in [0.2, 0.25) is 5.02 Å². The number of nitro groups is 1. The number of non-ortho nitro benzene ring substituents is 1. The van der Waals surface area contributed by atoms with Crippen molar-refractivity contribution < 1.29 is 28.7 Å². The Balaban J connectivity index is 1.23. The molecule has 3 aromatic carbocycles. The van der Waals surface area contributed by atoms with Gasteiger partial charge in [0.25, 0.3) is 11.6 Å². The number of hydrogen-bond acceptors (Lipinski definition) is 7. The molecule has 2 N–H and O–H groups in total. The summed E-state index contributed by atoms with van der Waals surface area (Å²) in [6, 6.07) is 19.8. The second kappa shape index (κ2) is 13.7. The molecule has 45 heavy (non-hydrogen) atoms. The van der Waals surface area contributed by atoms with Crippen molar-refractivity contribution >= 4 is 40.2 Å². The summed E-state index contributed by atoms with van der Waals surface area (Å²) in [7, 11) is 0. The molecular formula is C33H33ClN4O7. The number of rotatable bonds is 10. The van der Waals surface area contributed by atoms with Crippen molar-refractivity contribution in [1.82, 2.24) is 15.2 Å². The quantitative estimate of drug-likeness (QED) is 0.154. The molecule has 0 radical (unpaired) electrons. The molecule has 2 amide bonds. The number of carbonyl (C=O) groups excluding carboxylic acids is 2. The molecule has 2 aliphatic rings. The van der Waals surface area contributed by atoms with Gasteiger partial charge in [0.15, 0.2) is 6.29 Å². The molecule has 1 saturated heterocycles. The van der Waals surface area contributed by atoms with Crippen molar-refractivity contribution in [1.29, 1.82) is 0 Å². The SMILES string of the molecule is O=C(N[C@@H]1Cc2ccccc2[C@H]1N(CCOC1CCCCO1)C(=O)OCc1ccc([N+](=O)[O-])cc1)c1cc2cc(Cl)ccc2[nH]1. The van der Waals surface area contributed by atoms with Crippen molar-refractivity contribution in [3.63, 3.8) is 0 Å². The third kappa shape index (κ3) is 7.11. The maximum absolute atomic E-state index is 13.8. The minimum absolute atomic E-state index is 0.0482. The zero-order chi connectivity index (χ0) is 31.3. The van der Waals surface area contributed by atoms with Gasteiger partial charge in [-0.1, -0.05) is 35.9 Å². The molecule has 1 aromatic heterocycles. The van der Waals surface area contributed by atoms with Crippen LogP contribution in [0.3, 0.4) is 0 Å². The minimum Gasteiger partial charge on any atom is -0.445 e. The molecule has 11 nitrogen and oxygen atoms in total. The van der Waals surface area contributed by atoms with Crippen LogP contribution in [0.5, 0.6) is 0 Å². The Morgan fingerprint density at radius 1 is 1.09 bits per heavy atom. The topological polar surface area (TPSA) is 136 Å². The number of amides is 2.